The van der Waals surface area contributed by atoms with E-state index in [0.717, 1.165) is 22.7 Å². The first-order chi connectivity index (χ1) is 35.3. The van der Waals surface area contributed by atoms with E-state index in [1.165, 1.54) is 93.2 Å². The second-order valence-electron chi connectivity index (χ2n) is 26.4. The van der Waals surface area contributed by atoms with Crippen molar-refractivity contribution in [3.8, 4) is 11.1 Å². The minimum atomic E-state index is -0.0112. The van der Waals surface area contributed by atoms with Crippen molar-refractivity contribution < 1.29 is 0 Å². The van der Waals surface area contributed by atoms with E-state index in [0.29, 0.717) is 0 Å². The predicted octanol–water partition coefficient (Wildman–Crippen LogP) is 18.6. The second-order valence-corrected chi connectivity index (χ2v) is 27.5. The molecule has 8 aromatic carbocycles. The van der Waals surface area contributed by atoms with Crippen molar-refractivity contribution in [3.63, 3.8) is 0 Å². The molecular weight excluding hydrogens is 926 g/mol. The van der Waals surface area contributed by atoms with Crippen molar-refractivity contribution in [3.05, 3.63) is 204 Å². The van der Waals surface area contributed by atoms with Gasteiger partial charge in [0.25, 0.3) is 6.71 Å². The topological polar surface area (TPSA) is 9.72 Å². The maximum Gasteiger partial charge on any atom is 0.264 e. The Hall–Kier alpha value is -6.82. The highest BCUT2D eigenvalue weighted by Gasteiger charge is 2.45. The van der Waals surface area contributed by atoms with E-state index >= 15 is 0 Å². The molecule has 0 saturated heterocycles. The summed E-state index contributed by atoms with van der Waals surface area (Å²) in [4.78, 5) is 7.60. The average Bonchev–Trinajstić information content (AvgIpc) is 3.78. The molecule has 9 aromatic rings. The van der Waals surface area contributed by atoms with Crippen molar-refractivity contribution in [1.82, 2.24) is 0 Å². The number of nitrogens with zero attached hydrogens (tertiary/aromatic N) is 3. The lowest BCUT2D eigenvalue weighted by molar-refractivity contribution is 0.590. The third-order valence-corrected chi connectivity index (χ3v) is 17.1. The van der Waals surface area contributed by atoms with Crippen LogP contribution >= 0.6 is 11.3 Å². The van der Waals surface area contributed by atoms with Crippen LogP contribution < -0.4 is 30.4 Å². The normalized spacial score (nSPS) is 13.7. The molecule has 0 radical (unpaired) electrons. The standard InChI is InChI=1S/C70H74BN3S/c1-66(2,3)47-22-19-45(20-23-47)46-21-42-62-57(43-46)64-65(75-62)71-58-41-40-56(72(52-32-24-48(25-33-52)67(4,5)6)53-34-26-49(27-35-53)68(7,8)9)44-61(58)73(54-36-28-50(29-37-54)69(10,11)12)59-17-16-18-60(63(59)71)74(64)55-38-30-51(31-39-55)70(13,14)15/h16-44H,1-15H3. The van der Waals surface area contributed by atoms with Crippen LogP contribution in [0.15, 0.2) is 176 Å². The molecule has 3 heterocycles. The van der Waals surface area contributed by atoms with E-state index < -0.39 is 0 Å². The minimum Gasteiger partial charge on any atom is -0.311 e. The van der Waals surface area contributed by atoms with Crippen molar-refractivity contribution in [2.45, 2.75) is 131 Å². The molecule has 0 aliphatic carbocycles. The number of thiophene rings is 1. The van der Waals surface area contributed by atoms with Gasteiger partial charge in [0.1, 0.15) is 0 Å². The Bertz CT molecular complexity index is 3530. The fourth-order valence-electron chi connectivity index (χ4n) is 11.3. The molecule has 5 heteroatoms. The van der Waals surface area contributed by atoms with Crippen molar-refractivity contribution in [2.24, 2.45) is 0 Å². The van der Waals surface area contributed by atoms with Crippen LogP contribution in [-0.2, 0) is 27.1 Å². The molecule has 1 aromatic heterocycles. The lowest BCUT2D eigenvalue weighted by atomic mass is 9.36. The second kappa shape index (κ2) is 17.9. The molecule has 0 N–H and O–H groups in total. The van der Waals surface area contributed by atoms with Gasteiger partial charge in [-0.05, 0) is 162 Å². The zero-order valence-electron chi connectivity index (χ0n) is 47.1. The molecule has 2 aliphatic heterocycles. The molecule has 0 bridgehead atoms. The van der Waals surface area contributed by atoms with Crippen molar-refractivity contribution >= 4 is 95.0 Å². The third kappa shape index (κ3) is 9.09. The number of anilines is 9. The number of rotatable bonds is 6. The summed E-state index contributed by atoms with van der Waals surface area (Å²) in [6, 6.07) is 68.0. The SMILES string of the molecule is CC(C)(C)c1ccc(-c2ccc3sc4c(c3c2)N(c2ccc(C(C)(C)C)cc2)c2cccc3c2B4c2ccc(N(c4ccc(C(C)(C)C)cc4)c4ccc(C(C)(C)C)cc4)cc2N3c2ccc(C(C)(C)C)cc2)cc1. The molecule has 0 saturated carbocycles. The maximum atomic E-state index is 2.59. The van der Waals surface area contributed by atoms with Gasteiger partial charge >= 0.3 is 0 Å². The molecule has 2 aliphatic rings. The Kier molecular flexibility index (Phi) is 12.0. The predicted molar refractivity (Wildman–Crippen MR) is 329 cm³/mol. The summed E-state index contributed by atoms with van der Waals surface area (Å²) >= 11 is 1.96. The average molecular weight is 1000 g/mol. The van der Waals surface area contributed by atoms with Gasteiger partial charge in [-0.15, -0.1) is 11.3 Å². The lowest BCUT2D eigenvalue weighted by Gasteiger charge is -2.43. The van der Waals surface area contributed by atoms with Crippen LogP contribution in [0.2, 0.25) is 0 Å². The molecule has 0 atom stereocenters. The maximum absolute atomic E-state index is 2.59. The van der Waals surface area contributed by atoms with Crippen LogP contribution in [0.5, 0.6) is 0 Å². The van der Waals surface area contributed by atoms with E-state index in [4.69, 9.17) is 0 Å². The van der Waals surface area contributed by atoms with Crippen LogP contribution in [-0.4, -0.2) is 6.71 Å². The van der Waals surface area contributed by atoms with Gasteiger partial charge in [0.15, 0.2) is 0 Å². The van der Waals surface area contributed by atoms with Gasteiger partial charge < -0.3 is 14.7 Å². The van der Waals surface area contributed by atoms with Gasteiger partial charge in [0.05, 0.1) is 5.69 Å². The third-order valence-electron chi connectivity index (χ3n) is 15.9. The lowest BCUT2D eigenvalue weighted by Crippen LogP contribution is -2.60. The van der Waals surface area contributed by atoms with E-state index in [9.17, 15) is 0 Å². The first-order valence-corrected chi connectivity index (χ1v) is 27.9. The van der Waals surface area contributed by atoms with E-state index in [-0.39, 0.29) is 33.8 Å². The molecule has 3 nitrogen and oxygen atoms in total. The molecule has 75 heavy (non-hydrogen) atoms. The van der Waals surface area contributed by atoms with E-state index in [1.807, 2.05) is 11.3 Å². The van der Waals surface area contributed by atoms with Crippen LogP contribution in [0, 0.1) is 0 Å². The van der Waals surface area contributed by atoms with Gasteiger partial charge in [0.2, 0.25) is 0 Å². The summed E-state index contributed by atoms with van der Waals surface area (Å²) in [7, 11) is 0. The highest BCUT2D eigenvalue weighted by molar-refractivity contribution is 7.33. The zero-order chi connectivity index (χ0) is 53.1. The Balaban J connectivity index is 1.17. The summed E-state index contributed by atoms with van der Waals surface area (Å²) < 4.78 is 2.66. The number of fused-ring (bicyclic) bond motifs is 6. The zero-order valence-corrected chi connectivity index (χ0v) is 47.9. The molecule has 0 fully saturated rings. The number of benzene rings is 8. The van der Waals surface area contributed by atoms with Gasteiger partial charge in [0, 0.05) is 60.4 Å². The highest BCUT2D eigenvalue weighted by Crippen LogP contribution is 2.50. The molecular formula is C70H74BN3S. The highest BCUT2D eigenvalue weighted by atomic mass is 32.1. The van der Waals surface area contributed by atoms with Gasteiger partial charge in [-0.2, -0.15) is 0 Å². The van der Waals surface area contributed by atoms with Crippen LogP contribution in [0.3, 0.4) is 0 Å². The van der Waals surface area contributed by atoms with Crippen LogP contribution in [0.25, 0.3) is 21.2 Å². The summed E-state index contributed by atoms with van der Waals surface area (Å²) in [5, 5.41) is 1.28. The van der Waals surface area contributed by atoms with Gasteiger partial charge in [-0.1, -0.05) is 195 Å². The van der Waals surface area contributed by atoms with Crippen LogP contribution in [0.1, 0.15) is 132 Å². The Morgan fingerprint density at radius 2 is 0.773 bits per heavy atom. The number of hydrogen-bond acceptors (Lipinski definition) is 4. The smallest absolute Gasteiger partial charge is 0.264 e. The fourth-order valence-corrected chi connectivity index (χ4v) is 12.6. The summed E-state index contributed by atoms with van der Waals surface area (Å²) in [5.74, 6) is 0. The Morgan fingerprint density at radius 3 is 1.24 bits per heavy atom. The van der Waals surface area contributed by atoms with Crippen molar-refractivity contribution in [1.29, 1.82) is 0 Å². The minimum absolute atomic E-state index is 0.0112. The first kappa shape index (κ1) is 50.3. The molecule has 0 amide bonds. The molecule has 0 spiro atoms. The van der Waals surface area contributed by atoms with Crippen molar-refractivity contribution in [2.75, 3.05) is 14.7 Å². The molecule has 11 rings (SSSR count). The first-order valence-electron chi connectivity index (χ1n) is 27.1. The quantitative estimate of drug-likeness (QED) is 0.154. The van der Waals surface area contributed by atoms with Crippen LogP contribution in [0.4, 0.5) is 51.2 Å². The largest absolute Gasteiger partial charge is 0.311 e. The van der Waals surface area contributed by atoms with Gasteiger partial charge in [-0.3, -0.25) is 0 Å². The molecule has 378 valence electrons. The van der Waals surface area contributed by atoms with E-state index in [2.05, 4.69) is 294 Å². The number of hydrogen-bond donors (Lipinski definition) is 0. The van der Waals surface area contributed by atoms with Gasteiger partial charge in [-0.25, -0.2) is 0 Å². The summed E-state index contributed by atoms with van der Waals surface area (Å²) in [6.45, 7) is 34.4. The molecule has 0 unspecified atom stereocenters. The Labute approximate surface area is 453 Å². The Morgan fingerprint density at radius 1 is 0.373 bits per heavy atom. The van der Waals surface area contributed by atoms with E-state index in [1.54, 1.807) is 0 Å². The summed E-state index contributed by atoms with van der Waals surface area (Å²) in [5.41, 5.74) is 22.5. The fraction of sp³-hybridized carbons (Fsp3) is 0.286. The monoisotopic (exact) mass is 1000 g/mol. The summed E-state index contributed by atoms with van der Waals surface area (Å²) in [6.07, 6.45) is 0.